The zero-order chi connectivity index (χ0) is 15.2. The van der Waals surface area contributed by atoms with Crippen molar-refractivity contribution in [1.29, 1.82) is 0 Å². The first kappa shape index (κ1) is 14.8. The van der Waals surface area contributed by atoms with E-state index in [1.54, 1.807) is 18.2 Å². The van der Waals surface area contributed by atoms with E-state index in [0.717, 1.165) is 6.42 Å². The SMILES string of the molecule is COc1cccc(NCCc2ccccc2C)c1[N+](=O)[O-]. The van der Waals surface area contributed by atoms with Gasteiger partial charge in [-0.15, -0.1) is 0 Å². The van der Waals surface area contributed by atoms with Gasteiger partial charge in [-0.25, -0.2) is 0 Å². The van der Waals surface area contributed by atoms with Crippen LogP contribution in [0.15, 0.2) is 42.5 Å². The van der Waals surface area contributed by atoms with E-state index in [1.165, 1.54) is 18.2 Å². The lowest BCUT2D eigenvalue weighted by Gasteiger charge is -2.10. The molecule has 0 aliphatic carbocycles. The molecule has 110 valence electrons. The second-order valence-corrected chi connectivity index (χ2v) is 4.72. The van der Waals surface area contributed by atoms with Crippen molar-refractivity contribution in [2.45, 2.75) is 13.3 Å². The van der Waals surface area contributed by atoms with Gasteiger partial charge < -0.3 is 10.1 Å². The molecule has 21 heavy (non-hydrogen) atoms. The number of nitro benzene ring substituents is 1. The lowest BCUT2D eigenvalue weighted by Crippen LogP contribution is -2.08. The Morgan fingerprint density at radius 3 is 2.62 bits per heavy atom. The Bertz CT molecular complexity index is 641. The molecule has 0 aliphatic rings. The molecule has 0 saturated carbocycles. The van der Waals surface area contributed by atoms with E-state index >= 15 is 0 Å². The Morgan fingerprint density at radius 2 is 1.95 bits per heavy atom. The number of ether oxygens (including phenoxy) is 1. The summed E-state index contributed by atoms with van der Waals surface area (Å²) in [6, 6.07) is 13.1. The summed E-state index contributed by atoms with van der Waals surface area (Å²) in [5.74, 6) is 0.265. The number of rotatable bonds is 6. The molecule has 5 heteroatoms. The minimum absolute atomic E-state index is 0.0233. The minimum Gasteiger partial charge on any atom is -0.490 e. The summed E-state index contributed by atoms with van der Waals surface area (Å²) in [5, 5.41) is 14.3. The molecule has 0 unspecified atom stereocenters. The molecule has 0 spiro atoms. The lowest BCUT2D eigenvalue weighted by atomic mass is 10.1. The number of benzene rings is 2. The number of anilines is 1. The van der Waals surface area contributed by atoms with Crippen LogP contribution in [0.2, 0.25) is 0 Å². The topological polar surface area (TPSA) is 64.4 Å². The number of nitrogens with one attached hydrogen (secondary N) is 1. The van der Waals surface area contributed by atoms with E-state index in [1.807, 2.05) is 12.1 Å². The first-order chi connectivity index (χ1) is 10.1. The highest BCUT2D eigenvalue weighted by molar-refractivity contribution is 5.68. The van der Waals surface area contributed by atoms with Gasteiger partial charge in [-0.05, 0) is 36.6 Å². The number of aryl methyl sites for hydroxylation is 1. The first-order valence-corrected chi connectivity index (χ1v) is 6.73. The number of nitro groups is 1. The van der Waals surface area contributed by atoms with E-state index in [-0.39, 0.29) is 11.4 Å². The third-order valence-electron chi connectivity index (χ3n) is 3.37. The van der Waals surface area contributed by atoms with Gasteiger partial charge in [0.15, 0.2) is 5.75 Å². The van der Waals surface area contributed by atoms with E-state index in [9.17, 15) is 10.1 Å². The molecule has 0 radical (unpaired) electrons. The monoisotopic (exact) mass is 286 g/mol. The maximum Gasteiger partial charge on any atom is 0.333 e. The molecule has 0 saturated heterocycles. The highest BCUT2D eigenvalue weighted by Gasteiger charge is 2.19. The van der Waals surface area contributed by atoms with Crippen molar-refractivity contribution in [3.8, 4) is 5.75 Å². The van der Waals surface area contributed by atoms with Gasteiger partial charge in [-0.2, -0.15) is 0 Å². The van der Waals surface area contributed by atoms with Gasteiger partial charge in [0.25, 0.3) is 0 Å². The van der Waals surface area contributed by atoms with Crippen LogP contribution in [0.25, 0.3) is 0 Å². The smallest absolute Gasteiger partial charge is 0.333 e. The third kappa shape index (κ3) is 3.51. The van der Waals surface area contributed by atoms with E-state index in [2.05, 4.69) is 24.4 Å². The molecule has 0 atom stereocenters. The molecule has 0 bridgehead atoms. The van der Waals surface area contributed by atoms with Crippen LogP contribution in [-0.2, 0) is 6.42 Å². The van der Waals surface area contributed by atoms with Crippen molar-refractivity contribution in [2.24, 2.45) is 0 Å². The molecule has 0 fully saturated rings. The number of methoxy groups -OCH3 is 1. The maximum absolute atomic E-state index is 11.2. The van der Waals surface area contributed by atoms with Crippen LogP contribution in [0.5, 0.6) is 5.75 Å². The number of hydrogen-bond acceptors (Lipinski definition) is 4. The van der Waals surface area contributed by atoms with Gasteiger partial charge in [0.05, 0.1) is 12.0 Å². The van der Waals surface area contributed by atoms with Crippen LogP contribution in [0.4, 0.5) is 11.4 Å². The van der Waals surface area contributed by atoms with Gasteiger partial charge >= 0.3 is 5.69 Å². The average Bonchev–Trinajstić information content (AvgIpc) is 2.48. The molecule has 5 nitrogen and oxygen atoms in total. The van der Waals surface area contributed by atoms with Crippen LogP contribution >= 0.6 is 0 Å². The van der Waals surface area contributed by atoms with E-state index < -0.39 is 4.92 Å². The zero-order valence-corrected chi connectivity index (χ0v) is 12.1. The van der Waals surface area contributed by atoms with E-state index in [4.69, 9.17) is 4.74 Å². The van der Waals surface area contributed by atoms with Crippen LogP contribution in [-0.4, -0.2) is 18.6 Å². The van der Waals surface area contributed by atoms with Crippen LogP contribution in [0.3, 0.4) is 0 Å². The second-order valence-electron chi connectivity index (χ2n) is 4.72. The van der Waals surface area contributed by atoms with Crippen molar-refractivity contribution >= 4 is 11.4 Å². The largest absolute Gasteiger partial charge is 0.490 e. The third-order valence-corrected chi connectivity index (χ3v) is 3.37. The highest BCUT2D eigenvalue weighted by atomic mass is 16.6. The standard InChI is InChI=1S/C16H18N2O3/c1-12-6-3-4-7-13(12)10-11-17-14-8-5-9-15(21-2)16(14)18(19)20/h3-9,17H,10-11H2,1-2H3. The summed E-state index contributed by atoms with van der Waals surface area (Å²) < 4.78 is 5.05. The molecule has 1 N–H and O–H groups in total. The van der Waals surface area contributed by atoms with Crippen molar-refractivity contribution in [1.82, 2.24) is 0 Å². The summed E-state index contributed by atoms with van der Waals surface area (Å²) in [7, 11) is 1.43. The van der Waals surface area contributed by atoms with Crippen molar-refractivity contribution in [3.05, 3.63) is 63.7 Å². The van der Waals surface area contributed by atoms with Gasteiger partial charge in [0.1, 0.15) is 5.69 Å². The predicted molar refractivity (Wildman–Crippen MR) is 83.0 cm³/mol. The average molecular weight is 286 g/mol. The Balaban J connectivity index is 2.10. The van der Waals surface area contributed by atoms with Gasteiger partial charge in [-0.1, -0.05) is 30.3 Å². The van der Waals surface area contributed by atoms with Gasteiger partial charge in [-0.3, -0.25) is 10.1 Å². The minimum atomic E-state index is -0.422. The summed E-state index contributed by atoms with van der Waals surface area (Å²) in [6.45, 7) is 2.68. The Kier molecular flexibility index (Phi) is 4.77. The van der Waals surface area contributed by atoms with Gasteiger partial charge in [0.2, 0.25) is 0 Å². The van der Waals surface area contributed by atoms with Gasteiger partial charge in [0, 0.05) is 6.54 Å². The molecule has 2 aromatic rings. The normalized spacial score (nSPS) is 10.2. The van der Waals surface area contributed by atoms with Crippen LogP contribution in [0.1, 0.15) is 11.1 Å². The van der Waals surface area contributed by atoms with Crippen molar-refractivity contribution < 1.29 is 9.66 Å². The fraction of sp³-hybridized carbons (Fsp3) is 0.250. The Morgan fingerprint density at radius 1 is 1.19 bits per heavy atom. The zero-order valence-electron chi connectivity index (χ0n) is 12.1. The van der Waals surface area contributed by atoms with Crippen LogP contribution < -0.4 is 10.1 Å². The number of nitrogens with zero attached hydrogens (tertiary/aromatic N) is 1. The van der Waals surface area contributed by atoms with Crippen LogP contribution in [0, 0.1) is 17.0 Å². The fourth-order valence-corrected chi connectivity index (χ4v) is 2.24. The fourth-order valence-electron chi connectivity index (χ4n) is 2.24. The predicted octanol–water partition coefficient (Wildman–Crippen LogP) is 3.57. The molecule has 0 heterocycles. The molecule has 2 rings (SSSR count). The van der Waals surface area contributed by atoms with Crippen molar-refractivity contribution in [2.75, 3.05) is 19.0 Å². The van der Waals surface area contributed by atoms with E-state index in [0.29, 0.717) is 12.2 Å². The summed E-state index contributed by atoms with van der Waals surface area (Å²) in [4.78, 5) is 10.8. The molecule has 0 aliphatic heterocycles. The number of para-hydroxylation sites is 1. The number of hydrogen-bond donors (Lipinski definition) is 1. The molecular formula is C16H18N2O3. The second kappa shape index (κ2) is 6.74. The molecule has 0 amide bonds. The Labute approximate surface area is 123 Å². The molecule has 0 aromatic heterocycles. The summed E-state index contributed by atoms with van der Waals surface area (Å²) in [5.41, 5.74) is 2.91. The van der Waals surface area contributed by atoms with Crippen molar-refractivity contribution in [3.63, 3.8) is 0 Å². The molecular weight excluding hydrogens is 268 g/mol. The molecule has 2 aromatic carbocycles. The first-order valence-electron chi connectivity index (χ1n) is 6.73. The Hall–Kier alpha value is -2.56. The quantitative estimate of drug-likeness (QED) is 0.651. The lowest BCUT2D eigenvalue weighted by molar-refractivity contribution is -0.384. The maximum atomic E-state index is 11.2. The summed E-state index contributed by atoms with van der Waals surface area (Å²) in [6.07, 6.45) is 0.807. The highest BCUT2D eigenvalue weighted by Crippen LogP contribution is 2.34. The summed E-state index contributed by atoms with van der Waals surface area (Å²) >= 11 is 0.